The molecule has 4 unspecified atom stereocenters. The highest BCUT2D eigenvalue weighted by atomic mass is 19.3. The average Bonchev–Trinajstić information content (AvgIpc) is 2.85. The van der Waals surface area contributed by atoms with Crippen molar-refractivity contribution >= 4 is 11.9 Å². The molecule has 0 amide bonds. The Hall–Kier alpha value is -1.71. The Kier molecular flexibility index (Phi) is 2.02. The maximum Gasteiger partial charge on any atom is 0.377 e. The number of hydrogen-bond acceptors (Lipinski definition) is 5. The molecule has 0 aromatic rings. The monoisotopic (exact) mass is 257 g/mol. The molecule has 1 aliphatic heterocycles. The standard InChI is InChI=1S/C11H9F2NO4/c12-7(13)8(15)17-11-3-5-1-6(11)10(2-5,4-14)9(16)18-11/h5-7H,1-3H2. The Bertz CT molecular complexity index is 488. The number of carbonyl (C=O) groups excluding carboxylic acids is 2. The summed E-state index contributed by atoms with van der Waals surface area (Å²) >= 11 is 0. The van der Waals surface area contributed by atoms with Gasteiger partial charge in [-0.2, -0.15) is 14.0 Å². The lowest BCUT2D eigenvalue weighted by atomic mass is 9.74. The second-order valence-corrected chi connectivity index (χ2v) is 5.07. The van der Waals surface area contributed by atoms with E-state index in [1.807, 2.05) is 6.07 Å². The zero-order valence-electron chi connectivity index (χ0n) is 9.19. The molecular weight excluding hydrogens is 248 g/mol. The van der Waals surface area contributed by atoms with Crippen molar-refractivity contribution in [1.82, 2.24) is 0 Å². The molecule has 1 heterocycles. The maximum atomic E-state index is 12.2. The van der Waals surface area contributed by atoms with Gasteiger partial charge in [-0.05, 0) is 18.8 Å². The summed E-state index contributed by atoms with van der Waals surface area (Å²) in [6.45, 7) is 0. The molecule has 3 fully saturated rings. The molecular formula is C11H9F2NO4. The van der Waals surface area contributed by atoms with Crippen LogP contribution in [0.2, 0.25) is 0 Å². The van der Waals surface area contributed by atoms with Gasteiger partial charge in [0.1, 0.15) is 0 Å². The molecule has 2 aliphatic carbocycles. The van der Waals surface area contributed by atoms with E-state index in [4.69, 9.17) is 14.7 Å². The minimum atomic E-state index is -3.27. The molecule has 7 heteroatoms. The fourth-order valence-electron chi connectivity index (χ4n) is 3.57. The predicted octanol–water partition coefficient (Wildman–Crippen LogP) is 0.988. The molecule has 2 bridgehead atoms. The SMILES string of the molecule is N#CC12CC3CC1C(OC(=O)C(F)F)(C3)OC2=O. The normalized spacial score (nSPS) is 44.0. The van der Waals surface area contributed by atoms with Crippen molar-refractivity contribution in [3.8, 4) is 6.07 Å². The summed E-state index contributed by atoms with van der Waals surface area (Å²) in [6.07, 6.45) is -2.20. The van der Waals surface area contributed by atoms with E-state index in [0.717, 1.165) is 0 Å². The Morgan fingerprint density at radius 2 is 2.28 bits per heavy atom. The van der Waals surface area contributed by atoms with Gasteiger partial charge < -0.3 is 9.47 Å². The van der Waals surface area contributed by atoms with Gasteiger partial charge in [0.25, 0.3) is 5.79 Å². The predicted molar refractivity (Wildman–Crippen MR) is 49.8 cm³/mol. The van der Waals surface area contributed by atoms with E-state index in [9.17, 15) is 18.4 Å². The van der Waals surface area contributed by atoms with Gasteiger partial charge in [-0.15, -0.1) is 0 Å². The first-order valence-corrected chi connectivity index (χ1v) is 5.59. The third-order valence-corrected chi connectivity index (χ3v) is 4.16. The fraction of sp³-hybridized carbons (Fsp3) is 0.727. The van der Waals surface area contributed by atoms with Crippen LogP contribution in [0.4, 0.5) is 8.78 Å². The third-order valence-electron chi connectivity index (χ3n) is 4.16. The Morgan fingerprint density at radius 1 is 1.56 bits per heavy atom. The molecule has 3 aliphatic rings. The summed E-state index contributed by atoms with van der Waals surface area (Å²) in [7, 11) is 0. The molecule has 0 aromatic heterocycles. The van der Waals surface area contributed by atoms with E-state index in [1.54, 1.807) is 0 Å². The van der Waals surface area contributed by atoms with Crippen LogP contribution in [0.5, 0.6) is 0 Å². The van der Waals surface area contributed by atoms with Gasteiger partial charge in [-0.3, -0.25) is 4.79 Å². The highest BCUT2D eigenvalue weighted by Gasteiger charge is 2.76. The number of alkyl halides is 2. The summed E-state index contributed by atoms with van der Waals surface area (Å²) in [6, 6.07) is 1.92. The molecule has 2 saturated carbocycles. The Morgan fingerprint density at radius 3 is 2.83 bits per heavy atom. The molecule has 18 heavy (non-hydrogen) atoms. The van der Waals surface area contributed by atoms with Crippen LogP contribution in [0, 0.1) is 28.6 Å². The second kappa shape index (κ2) is 3.19. The summed E-state index contributed by atoms with van der Waals surface area (Å²) in [4.78, 5) is 22.8. The third kappa shape index (κ3) is 1.13. The molecule has 0 spiro atoms. The van der Waals surface area contributed by atoms with Crippen molar-refractivity contribution in [2.75, 3.05) is 0 Å². The molecule has 0 N–H and O–H groups in total. The zero-order chi connectivity index (χ0) is 13.1. The van der Waals surface area contributed by atoms with Gasteiger partial charge >= 0.3 is 18.4 Å². The topological polar surface area (TPSA) is 76.4 Å². The smallest absolute Gasteiger partial charge is 0.377 e. The van der Waals surface area contributed by atoms with E-state index in [0.29, 0.717) is 12.8 Å². The highest BCUT2D eigenvalue weighted by Crippen LogP contribution is 2.66. The summed E-state index contributed by atoms with van der Waals surface area (Å²) in [5.74, 6) is -4.70. The van der Waals surface area contributed by atoms with Crippen molar-refractivity contribution in [1.29, 1.82) is 5.26 Å². The minimum absolute atomic E-state index is 0.00609. The summed E-state index contributed by atoms with van der Waals surface area (Å²) in [5.41, 5.74) is -1.31. The first-order chi connectivity index (χ1) is 8.43. The highest BCUT2D eigenvalue weighted by molar-refractivity contribution is 5.85. The van der Waals surface area contributed by atoms with Crippen molar-refractivity contribution in [3.05, 3.63) is 0 Å². The molecule has 5 nitrogen and oxygen atoms in total. The number of fused-ring (bicyclic) bond motifs is 1. The van der Waals surface area contributed by atoms with Crippen LogP contribution in [0.15, 0.2) is 0 Å². The van der Waals surface area contributed by atoms with Crippen LogP contribution in [-0.4, -0.2) is 24.2 Å². The van der Waals surface area contributed by atoms with Crippen LogP contribution >= 0.6 is 0 Å². The van der Waals surface area contributed by atoms with Crippen LogP contribution in [-0.2, 0) is 19.1 Å². The molecule has 0 aromatic carbocycles. The number of ether oxygens (including phenoxy) is 2. The molecule has 4 atom stereocenters. The number of esters is 2. The van der Waals surface area contributed by atoms with E-state index >= 15 is 0 Å². The minimum Gasteiger partial charge on any atom is -0.421 e. The van der Waals surface area contributed by atoms with Crippen LogP contribution in [0.3, 0.4) is 0 Å². The van der Waals surface area contributed by atoms with E-state index in [2.05, 4.69) is 0 Å². The lowest BCUT2D eigenvalue weighted by molar-refractivity contribution is -0.230. The lowest BCUT2D eigenvalue weighted by Gasteiger charge is -2.31. The van der Waals surface area contributed by atoms with Gasteiger partial charge in [0.05, 0.1) is 12.0 Å². The van der Waals surface area contributed by atoms with Gasteiger partial charge in [0.2, 0.25) is 0 Å². The van der Waals surface area contributed by atoms with Crippen molar-refractivity contribution in [3.63, 3.8) is 0 Å². The number of nitriles is 1. The molecule has 0 radical (unpaired) electrons. The molecule has 3 rings (SSSR count). The average molecular weight is 257 g/mol. The number of hydrogen-bond donors (Lipinski definition) is 0. The van der Waals surface area contributed by atoms with Gasteiger partial charge in [-0.1, -0.05) is 0 Å². The summed E-state index contributed by atoms with van der Waals surface area (Å²) in [5, 5.41) is 9.15. The number of halogens is 2. The van der Waals surface area contributed by atoms with E-state index in [1.165, 1.54) is 0 Å². The van der Waals surface area contributed by atoms with E-state index < -0.39 is 35.5 Å². The molecule has 1 saturated heterocycles. The zero-order valence-corrected chi connectivity index (χ0v) is 9.19. The first-order valence-electron chi connectivity index (χ1n) is 5.59. The van der Waals surface area contributed by atoms with Gasteiger partial charge in [0, 0.05) is 6.42 Å². The second-order valence-electron chi connectivity index (χ2n) is 5.07. The quantitative estimate of drug-likeness (QED) is 0.689. The lowest BCUT2D eigenvalue weighted by Crippen LogP contribution is -2.43. The fourth-order valence-corrected chi connectivity index (χ4v) is 3.57. The maximum absolute atomic E-state index is 12.2. The Balaban J connectivity index is 1.95. The summed E-state index contributed by atoms with van der Waals surface area (Å²) < 4.78 is 34.2. The van der Waals surface area contributed by atoms with Crippen molar-refractivity contribution in [2.24, 2.45) is 17.3 Å². The van der Waals surface area contributed by atoms with Gasteiger partial charge in [0.15, 0.2) is 5.41 Å². The van der Waals surface area contributed by atoms with Crippen molar-refractivity contribution in [2.45, 2.75) is 31.5 Å². The number of rotatable bonds is 2. The first kappa shape index (κ1) is 11.4. The van der Waals surface area contributed by atoms with Crippen LogP contribution in [0.1, 0.15) is 19.3 Å². The number of nitrogens with zero attached hydrogens (tertiary/aromatic N) is 1. The van der Waals surface area contributed by atoms with Crippen LogP contribution in [0.25, 0.3) is 0 Å². The van der Waals surface area contributed by atoms with Gasteiger partial charge in [-0.25, -0.2) is 4.79 Å². The van der Waals surface area contributed by atoms with Crippen LogP contribution < -0.4 is 0 Å². The molecule has 96 valence electrons. The largest absolute Gasteiger partial charge is 0.421 e. The van der Waals surface area contributed by atoms with E-state index in [-0.39, 0.29) is 12.3 Å². The Labute approximate surface area is 101 Å². The number of carbonyl (C=O) groups is 2. The van der Waals surface area contributed by atoms with Crippen molar-refractivity contribution < 1.29 is 27.8 Å².